The molecule has 2 aliphatic heterocycles. The standard InChI is InChI=1S/C20H20Cl3FN4OS/c21-12-4-5-15(14(22)10-12)28-19(16-6-7-17(23)30-16)13(11-24)18(25-28)20(29)26-27-8-2-1-3-9-27/h4-7,10,13,19H,1-3,8-9,11H2,(H,26,29). The number of hydrazone groups is 1. The van der Waals surface area contributed by atoms with Gasteiger partial charge in [0.05, 0.1) is 27.0 Å². The van der Waals surface area contributed by atoms with Gasteiger partial charge >= 0.3 is 0 Å². The zero-order chi connectivity index (χ0) is 21.3. The fraction of sp³-hybridized carbons (Fsp3) is 0.400. The van der Waals surface area contributed by atoms with Crippen LogP contribution in [0, 0.1) is 5.92 Å². The fourth-order valence-electron chi connectivity index (χ4n) is 3.83. The minimum atomic E-state index is -0.753. The highest BCUT2D eigenvalue weighted by Crippen LogP contribution is 2.45. The first-order chi connectivity index (χ1) is 14.5. The summed E-state index contributed by atoms with van der Waals surface area (Å²) in [5.41, 5.74) is 3.58. The van der Waals surface area contributed by atoms with Crippen LogP contribution in [0.3, 0.4) is 0 Å². The van der Waals surface area contributed by atoms with Gasteiger partial charge in [0.1, 0.15) is 12.4 Å². The lowest BCUT2D eigenvalue weighted by Crippen LogP contribution is -2.48. The maximum absolute atomic E-state index is 14.3. The van der Waals surface area contributed by atoms with Crippen molar-refractivity contribution in [1.29, 1.82) is 0 Å². The molecule has 2 aliphatic rings. The summed E-state index contributed by atoms with van der Waals surface area (Å²) in [6.07, 6.45) is 3.18. The molecular formula is C20H20Cl3FN4OS. The molecule has 5 nitrogen and oxygen atoms in total. The summed E-state index contributed by atoms with van der Waals surface area (Å²) in [5.74, 6) is -1.14. The van der Waals surface area contributed by atoms with Crippen LogP contribution in [0.25, 0.3) is 0 Å². The number of carbonyl (C=O) groups excluding carboxylic acids is 1. The van der Waals surface area contributed by atoms with Crippen molar-refractivity contribution >= 4 is 63.4 Å². The Morgan fingerprint density at radius 2 is 1.93 bits per heavy atom. The van der Waals surface area contributed by atoms with Crippen molar-refractivity contribution in [2.24, 2.45) is 11.0 Å². The number of benzene rings is 1. The van der Waals surface area contributed by atoms with Gasteiger partial charge in [-0.15, -0.1) is 11.3 Å². The zero-order valence-corrected chi connectivity index (χ0v) is 19.0. The van der Waals surface area contributed by atoms with Gasteiger partial charge in [0.2, 0.25) is 0 Å². The van der Waals surface area contributed by atoms with E-state index in [9.17, 15) is 9.18 Å². The number of nitrogens with one attached hydrogen (secondary N) is 1. The average Bonchev–Trinajstić information content (AvgIpc) is 3.32. The fourth-order valence-corrected chi connectivity index (χ4v) is 5.53. The molecule has 1 aromatic heterocycles. The van der Waals surface area contributed by atoms with E-state index in [1.807, 2.05) is 11.1 Å². The van der Waals surface area contributed by atoms with Gasteiger partial charge in [-0.3, -0.25) is 19.6 Å². The van der Waals surface area contributed by atoms with E-state index < -0.39 is 18.6 Å². The third kappa shape index (κ3) is 4.46. The lowest BCUT2D eigenvalue weighted by molar-refractivity contribution is -0.120. The van der Waals surface area contributed by atoms with E-state index in [1.54, 1.807) is 29.3 Å². The van der Waals surface area contributed by atoms with Crippen LogP contribution in [0.5, 0.6) is 0 Å². The van der Waals surface area contributed by atoms with Crippen molar-refractivity contribution in [3.05, 3.63) is 49.6 Å². The lowest BCUT2D eigenvalue weighted by atomic mass is 9.94. The summed E-state index contributed by atoms with van der Waals surface area (Å²) < 4.78 is 14.9. The Morgan fingerprint density at radius 1 is 1.17 bits per heavy atom. The van der Waals surface area contributed by atoms with Crippen molar-refractivity contribution in [2.75, 3.05) is 24.8 Å². The first kappa shape index (κ1) is 21.8. The first-order valence-corrected chi connectivity index (χ1v) is 11.6. The van der Waals surface area contributed by atoms with Gasteiger partial charge in [0, 0.05) is 23.0 Å². The summed E-state index contributed by atoms with van der Waals surface area (Å²) in [4.78, 5) is 13.8. The maximum atomic E-state index is 14.3. The van der Waals surface area contributed by atoms with Crippen LogP contribution in [0.15, 0.2) is 35.4 Å². The second kappa shape index (κ2) is 9.40. The second-order valence-electron chi connectivity index (χ2n) is 7.26. The SMILES string of the molecule is O=C(NN1CCCCC1)C1=NN(c2ccc(Cl)cc2Cl)C(c2ccc(Cl)s2)C1CF. The summed E-state index contributed by atoms with van der Waals surface area (Å²) in [6.45, 7) is 0.806. The third-order valence-electron chi connectivity index (χ3n) is 5.27. The predicted octanol–water partition coefficient (Wildman–Crippen LogP) is 5.73. The number of alkyl halides is 1. The van der Waals surface area contributed by atoms with E-state index in [0.717, 1.165) is 37.2 Å². The van der Waals surface area contributed by atoms with Crippen molar-refractivity contribution in [3.63, 3.8) is 0 Å². The van der Waals surface area contributed by atoms with Gasteiger partial charge < -0.3 is 0 Å². The van der Waals surface area contributed by atoms with Gasteiger partial charge in [-0.2, -0.15) is 5.10 Å². The van der Waals surface area contributed by atoms with Crippen molar-refractivity contribution in [3.8, 4) is 0 Å². The minimum absolute atomic E-state index is 0.142. The monoisotopic (exact) mass is 488 g/mol. The van der Waals surface area contributed by atoms with Gasteiger partial charge in [-0.25, -0.2) is 5.01 Å². The number of hydrogen-bond acceptors (Lipinski definition) is 5. The molecule has 3 heterocycles. The first-order valence-electron chi connectivity index (χ1n) is 9.68. The molecule has 0 aliphatic carbocycles. The Labute approximate surface area is 193 Å². The van der Waals surface area contributed by atoms with Crippen LogP contribution in [-0.4, -0.2) is 36.4 Å². The minimum Gasteiger partial charge on any atom is -0.284 e. The van der Waals surface area contributed by atoms with E-state index in [2.05, 4.69) is 10.5 Å². The largest absolute Gasteiger partial charge is 0.284 e. The molecule has 1 aromatic carbocycles. The molecule has 0 radical (unpaired) electrons. The Bertz CT molecular complexity index is 963. The maximum Gasteiger partial charge on any atom is 0.282 e. The Balaban J connectivity index is 1.70. The molecule has 0 spiro atoms. The van der Waals surface area contributed by atoms with E-state index in [-0.39, 0.29) is 11.6 Å². The lowest BCUT2D eigenvalue weighted by Gasteiger charge is -2.28. The molecule has 30 heavy (non-hydrogen) atoms. The molecule has 0 bridgehead atoms. The Hall–Kier alpha value is -1.38. The number of anilines is 1. The highest BCUT2D eigenvalue weighted by molar-refractivity contribution is 7.16. The smallest absolute Gasteiger partial charge is 0.282 e. The van der Waals surface area contributed by atoms with E-state index in [4.69, 9.17) is 34.8 Å². The summed E-state index contributed by atoms with van der Waals surface area (Å²) >= 11 is 19.9. The van der Waals surface area contributed by atoms with Gasteiger partial charge in [0.15, 0.2) is 0 Å². The zero-order valence-electron chi connectivity index (χ0n) is 16.0. The Morgan fingerprint density at radius 3 is 2.57 bits per heavy atom. The molecule has 1 N–H and O–H groups in total. The highest BCUT2D eigenvalue weighted by Gasteiger charge is 2.43. The molecule has 2 unspecified atom stereocenters. The number of halogens is 4. The second-order valence-corrected chi connectivity index (χ2v) is 9.85. The molecule has 4 rings (SSSR count). The van der Waals surface area contributed by atoms with Crippen LogP contribution in [-0.2, 0) is 4.79 Å². The molecule has 0 saturated carbocycles. The number of piperidine rings is 1. The van der Waals surface area contributed by atoms with Crippen LogP contribution in [0.2, 0.25) is 14.4 Å². The van der Waals surface area contributed by atoms with E-state index >= 15 is 0 Å². The number of thiophene rings is 1. The van der Waals surface area contributed by atoms with Crippen LogP contribution in [0.1, 0.15) is 30.2 Å². The molecule has 160 valence electrons. The average molecular weight is 490 g/mol. The van der Waals surface area contributed by atoms with E-state index in [0.29, 0.717) is 20.1 Å². The number of rotatable bonds is 5. The van der Waals surface area contributed by atoms with E-state index in [1.165, 1.54) is 11.3 Å². The van der Waals surface area contributed by atoms with Crippen LogP contribution in [0.4, 0.5) is 10.1 Å². The predicted molar refractivity (Wildman–Crippen MR) is 121 cm³/mol. The molecule has 1 saturated heterocycles. The molecular weight excluding hydrogens is 470 g/mol. The molecule has 1 amide bonds. The number of hydrazine groups is 1. The number of amides is 1. The quantitative estimate of drug-likeness (QED) is 0.583. The van der Waals surface area contributed by atoms with Crippen LogP contribution < -0.4 is 10.4 Å². The van der Waals surface area contributed by atoms with Gasteiger partial charge in [-0.05, 0) is 43.2 Å². The van der Waals surface area contributed by atoms with Crippen molar-refractivity contribution < 1.29 is 9.18 Å². The van der Waals surface area contributed by atoms with Gasteiger partial charge in [-0.1, -0.05) is 41.2 Å². The molecule has 2 atom stereocenters. The Kier molecular flexibility index (Phi) is 6.85. The molecule has 10 heteroatoms. The third-order valence-corrected chi connectivity index (χ3v) is 7.11. The number of hydrogen-bond donors (Lipinski definition) is 1. The topological polar surface area (TPSA) is 47.9 Å². The summed E-state index contributed by atoms with van der Waals surface area (Å²) in [7, 11) is 0. The highest BCUT2D eigenvalue weighted by atomic mass is 35.5. The van der Waals surface area contributed by atoms with Crippen LogP contribution >= 0.6 is 46.1 Å². The van der Waals surface area contributed by atoms with Crippen molar-refractivity contribution in [1.82, 2.24) is 10.4 Å². The number of nitrogens with zero attached hydrogens (tertiary/aromatic N) is 3. The van der Waals surface area contributed by atoms with Gasteiger partial charge in [0.25, 0.3) is 5.91 Å². The molecule has 2 aromatic rings. The van der Waals surface area contributed by atoms with Crippen molar-refractivity contribution in [2.45, 2.75) is 25.3 Å². The summed E-state index contributed by atoms with van der Waals surface area (Å²) in [6, 6.07) is 8.06. The number of carbonyl (C=O) groups is 1. The summed E-state index contributed by atoms with van der Waals surface area (Å²) in [5, 5.41) is 8.87. The normalized spacial score (nSPS) is 22.3. The molecule has 1 fully saturated rings.